The zero-order valence-corrected chi connectivity index (χ0v) is 16.6. The first kappa shape index (κ1) is 20.1. The molecule has 0 atom stereocenters. The minimum Gasteiger partial charge on any atom is -0.347 e. The third-order valence-electron chi connectivity index (χ3n) is 5.18. The molecule has 27 heavy (non-hydrogen) atoms. The Hall–Kier alpha value is -1.64. The van der Waals surface area contributed by atoms with E-state index in [-0.39, 0.29) is 42.3 Å². The van der Waals surface area contributed by atoms with Crippen LogP contribution in [0.2, 0.25) is 5.02 Å². The topological polar surface area (TPSA) is 86.8 Å². The molecule has 7 nitrogen and oxygen atoms in total. The molecule has 148 valence electrons. The summed E-state index contributed by atoms with van der Waals surface area (Å²) in [5.41, 5.74) is 0. The molecule has 1 saturated carbocycles. The lowest BCUT2D eigenvalue weighted by Gasteiger charge is -2.34. The third-order valence-corrected chi connectivity index (χ3v) is 7.35. The highest BCUT2D eigenvalue weighted by atomic mass is 35.5. The minimum absolute atomic E-state index is 0.0270. The number of hydrogen-bond donors (Lipinski definition) is 1. The molecule has 1 aromatic rings. The van der Waals surface area contributed by atoms with E-state index >= 15 is 0 Å². The summed E-state index contributed by atoms with van der Waals surface area (Å²) in [6.45, 7) is 1.05. The lowest BCUT2D eigenvalue weighted by molar-refractivity contribution is -0.134. The summed E-state index contributed by atoms with van der Waals surface area (Å²) in [5.74, 6) is -0.200. The number of nitrogens with zero attached hydrogens (tertiary/aromatic N) is 2. The Labute approximate surface area is 164 Å². The van der Waals surface area contributed by atoms with Crippen LogP contribution in [0.1, 0.15) is 25.7 Å². The number of rotatable bonds is 5. The second-order valence-corrected chi connectivity index (χ2v) is 9.31. The van der Waals surface area contributed by atoms with Gasteiger partial charge in [0.1, 0.15) is 0 Å². The van der Waals surface area contributed by atoms with Crippen molar-refractivity contribution in [1.82, 2.24) is 14.5 Å². The van der Waals surface area contributed by atoms with Crippen LogP contribution in [0.3, 0.4) is 0 Å². The molecular weight excluding hydrogens is 390 g/mol. The van der Waals surface area contributed by atoms with E-state index in [2.05, 4.69) is 5.32 Å². The summed E-state index contributed by atoms with van der Waals surface area (Å²) in [5, 5.41) is 3.20. The van der Waals surface area contributed by atoms with Crippen LogP contribution in [0.5, 0.6) is 0 Å². The SMILES string of the molecule is O=C(NCC(=O)N1CCN(S(=O)(=O)c2ccc(Cl)cc2)CC1)C1CCCC1. The Morgan fingerprint density at radius 2 is 1.63 bits per heavy atom. The molecule has 0 bridgehead atoms. The molecule has 2 amide bonds. The van der Waals surface area contributed by atoms with E-state index < -0.39 is 10.0 Å². The first-order valence-electron chi connectivity index (χ1n) is 9.19. The average molecular weight is 414 g/mol. The molecule has 2 aliphatic rings. The molecule has 1 heterocycles. The van der Waals surface area contributed by atoms with Crippen LogP contribution < -0.4 is 5.32 Å². The van der Waals surface area contributed by atoms with Gasteiger partial charge in [0.05, 0.1) is 11.4 Å². The van der Waals surface area contributed by atoms with E-state index in [0.29, 0.717) is 18.1 Å². The number of carbonyl (C=O) groups is 2. The van der Waals surface area contributed by atoms with Gasteiger partial charge in [-0.3, -0.25) is 9.59 Å². The predicted octanol–water partition coefficient (Wildman–Crippen LogP) is 1.48. The van der Waals surface area contributed by atoms with Crippen molar-refractivity contribution in [1.29, 1.82) is 0 Å². The zero-order valence-electron chi connectivity index (χ0n) is 15.1. The van der Waals surface area contributed by atoms with Crippen molar-refractivity contribution in [2.24, 2.45) is 5.92 Å². The summed E-state index contributed by atoms with van der Waals surface area (Å²) < 4.78 is 26.7. The lowest BCUT2D eigenvalue weighted by Crippen LogP contribution is -2.52. The van der Waals surface area contributed by atoms with Gasteiger partial charge in [0.25, 0.3) is 0 Å². The fourth-order valence-electron chi connectivity index (χ4n) is 3.54. The molecule has 0 unspecified atom stereocenters. The summed E-state index contributed by atoms with van der Waals surface area (Å²) >= 11 is 5.81. The molecule has 0 radical (unpaired) electrons. The van der Waals surface area contributed by atoms with Crippen LogP contribution in [0.15, 0.2) is 29.2 Å². The van der Waals surface area contributed by atoms with Gasteiger partial charge < -0.3 is 10.2 Å². The van der Waals surface area contributed by atoms with Gasteiger partial charge in [-0.25, -0.2) is 8.42 Å². The predicted molar refractivity (Wildman–Crippen MR) is 102 cm³/mol. The first-order chi connectivity index (χ1) is 12.9. The van der Waals surface area contributed by atoms with Crippen LogP contribution in [0.25, 0.3) is 0 Å². The number of piperazine rings is 1. The molecule has 2 fully saturated rings. The maximum absolute atomic E-state index is 12.7. The fourth-order valence-corrected chi connectivity index (χ4v) is 5.09. The molecule has 1 aliphatic heterocycles. The number of sulfonamides is 1. The molecule has 1 N–H and O–H groups in total. The van der Waals surface area contributed by atoms with Gasteiger partial charge in [-0.15, -0.1) is 0 Å². The van der Waals surface area contributed by atoms with E-state index in [9.17, 15) is 18.0 Å². The van der Waals surface area contributed by atoms with E-state index in [1.165, 1.54) is 16.4 Å². The molecule has 1 saturated heterocycles. The summed E-state index contributed by atoms with van der Waals surface area (Å²) in [7, 11) is -3.60. The van der Waals surface area contributed by atoms with Crippen molar-refractivity contribution in [3.63, 3.8) is 0 Å². The van der Waals surface area contributed by atoms with Gasteiger partial charge in [-0.2, -0.15) is 4.31 Å². The third kappa shape index (κ3) is 4.80. The lowest BCUT2D eigenvalue weighted by atomic mass is 10.1. The maximum atomic E-state index is 12.7. The fraction of sp³-hybridized carbons (Fsp3) is 0.556. The van der Waals surface area contributed by atoms with E-state index in [1.54, 1.807) is 17.0 Å². The zero-order chi connectivity index (χ0) is 19.4. The molecule has 0 aromatic heterocycles. The van der Waals surface area contributed by atoms with Gasteiger partial charge >= 0.3 is 0 Å². The number of nitrogens with one attached hydrogen (secondary N) is 1. The Morgan fingerprint density at radius 3 is 2.22 bits per heavy atom. The quantitative estimate of drug-likeness (QED) is 0.792. The maximum Gasteiger partial charge on any atom is 0.243 e. The second-order valence-electron chi connectivity index (χ2n) is 6.94. The van der Waals surface area contributed by atoms with Crippen LogP contribution in [-0.2, 0) is 19.6 Å². The van der Waals surface area contributed by atoms with E-state index in [0.717, 1.165) is 25.7 Å². The van der Waals surface area contributed by atoms with Gasteiger partial charge in [-0.1, -0.05) is 24.4 Å². The molecular formula is C18H24ClN3O4S. The average Bonchev–Trinajstić information content (AvgIpc) is 3.21. The summed E-state index contributed by atoms with van der Waals surface area (Å²) in [6, 6.07) is 6.05. The highest BCUT2D eigenvalue weighted by Gasteiger charge is 2.30. The monoisotopic (exact) mass is 413 g/mol. The molecule has 3 rings (SSSR count). The van der Waals surface area contributed by atoms with Crippen molar-refractivity contribution in [2.45, 2.75) is 30.6 Å². The summed E-state index contributed by atoms with van der Waals surface area (Å²) in [4.78, 5) is 26.1. The van der Waals surface area contributed by atoms with Gasteiger partial charge in [0.15, 0.2) is 0 Å². The summed E-state index contributed by atoms with van der Waals surface area (Å²) in [6.07, 6.45) is 3.91. The molecule has 0 spiro atoms. The number of carbonyl (C=O) groups excluding carboxylic acids is 2. The highest BCUT2D eigenvalue weighted by Crippen LogP contribution is 2.24. The van der Waals surface area contributed by atoms with E-state index in [1.807, 2.05) is 0 Å². The second kappa shape index (κ2) is 8.58. The normalized spacial score (nSPS) is 19.2. The molecule has 9 heteroatoms. The number of amides is 2. The van der Waals surface area contributed by atoms with Gasteiger partial charge in [0.2, 0.25) is 21.8 Å². The van der Waals surface area contributed by atoms with Crippen LogP contribution >= 0.6 is 11.6 Å². The Bertz CT molecular complexity index is 783. The van der Waals surface area contributed by atoms with Crippen LogP contribution in [0, 0.1) is 5.92 Å². The Balaban J connectivity index is 1.49. The highest BCUT2D eigenvalue weighted by molar-refractivity contribution is 7.89. The Morgan fingerprint density at radius 1 is 1.04 bits per heavy atom. The van der Waals surface area contributed by atoms with Crippen molar-refractivity contribution in [2.75, 3.05) is 32.7 Å². The van der Waals surface area contributed by atoms with Gasteiger partial charge in [0, 0.05) is 37.1 Å². The van der Waals surface area contributed by atoms with Gasteiger partial charge in [-0.05, 0) is 37.1 Å². The van der Waals surface area contributed by atoms with Crippen molar-refractivity contribution < 1.29 is 18.0 Å². The standard InChI is InChI=1S/C18H24ClN3O4S/c19-15-5-7-16(8-6-15)27(25,26)22-11-9-21(10-12-22)17(23)13-20-18(24)14-3-1-2-4-14/h5-8,14H,1-4,9-13H2,(H,20,24). The largest absolute Gasteiger partial charge is 0.347 e. The minimum atomic E-state index is -3.60. The first-order valence-corrected chi connectivity index (χ1v) is 11.0. The van der Waals surface area contributed by atoms with E-state index in [4.69, 9.17) is 11.6 Å². The van der Waals surface area contributed by atoms with Crippen LogP contribution in [0.4, 0.5) is 0 Å². The number of hydrogen-bond acceptors (Lipinski definition) is 4. The molecule has 1 aromatic carbocycles. The smallest absolute Gasteiger partial charge is 0.243 e. The Kier molecular flexibility index (Phi) is 6.39. The van der Waals surface area contributed by atoms with Crippen LogP contribution in [-0.4, -0.2) is 62.2 Å². The molecule has 1 aliphatic carbocycles. The number of benzene rings is 1. The van der Waals surface area contributed by atoms with Crippen molar-refractivity contribution >= 4 is 33.4 Å². The van der Waals surface area contributed by atoms with Crippen molar-refractivity contribution in [3.05, 3.63) is 29.3 Å². The number of halogens is 1. The van der Waals surface area contributed by atoms with Crippen molar-refractivity contribution in [3.8, 4) is 0 Å².